The first kappa shape index (κ1) is 25.5. The van der Waals surface area contributed by atoms with E-state index in [9.17, 15) is 4.79 Å². The van der Waals surface area contributed by atoms with E-state index in [1.165, 1.54) is 6.42 Å². The average Bonchev–Trinajstić information content (AvgIpc) is 3.64. The molecule has 9 heteroatoms. The van der Waals surface area contributed by atoms with Crippen LogP contribution in [0, 0.1) is 6.92 Å². The van der Waals surface area contributed by atoms with E-state index in [2.05, 4.69) is 31.5 Å². The maximum atomic E-state index is 13.8. The first-order valence-electron chi connectivity index (χ1n) is 13.5. The number of halogens is 1. The Labute approximate surface area is 231 Å². The summed E-state index contributed by atoms with van der Waals surface area (Å²) in [4.78, 5) is 19.1. The molecule has 1 atom stereocenters. The molecule has 200 valence electrons. The Kier molecular flexibility index (Phi) is 7.30. The molecule has 8 nitrogen and oxygen atoms in total. The molecule has 0 amide bonds. The van der Waals surface area contributed by atoms with Crippen molar-refractivity contribution in [3.05, 3.63) is 111 Å². The zero-order valence-corrected chi connectivity index (χ0v) is 22.6. The number of hydrogen-bond acceptors (Lipinski definition) is 6. The Bertz CT molecular complexity index is 1600. The van der Waals surface area contributed by atoms with Gasteiger partial charge in [0.1, 0.15) is 11.8 Å². The molecule has 0 bridgehead atoms. The van der Waals surface area contributed by atoms with E-state index in [-0.39, 0.29) is 11.6 Å². The van der Waals surface area contributed by atoms with E-state index in [0.717, 1.165) is 53.5 Å². The van der Waals surface area contributed by atoms with Gasteiger partial charge in [-0.3, -0.25) is 9.69 Å². The van der Waals surface area contributed by atoms with Gasteiger partial charge in [-0.05, 0) is 83.1 Å². The van der Waals surface area contributed by atoms with Crippen molar-refractivity contribution in [3.8, 4) is 0 Å². The Morgan fingerprint density at radius 3 is 2.67 bits per heavy atom. The lowest BCUT2D eigenvalue weighted by atomic mass is 9.95. The van der Waals surface area contributed by atoms with Gasteiger partial charge in [0.25, 0.3) is 5.56 Å². The summed E-state index contributed by atoms with van der Waals surface area (Å²) in [7, 11) is 0. The second kappa shape index (κ2) is 11.2. The molecule has 6 rings (SSSR count). The second-order valence-electron chi connectivity index (χ2n) is 10.4. The van der Waals surface area contributed by atoms with E-state index in [0.29, 0.717) is 29.5 Å². The Hall–Kier alpha value is -3.75. The summed E-state index contributed by atoms with van der Waals surface area (Å²) in [6, 6.07) is 19.4. The smallest absolute Gasteiger partial charge is 0.253 e. The predicted molar refractivity (Wildman–Crippen MR) is 150 cm³/mol. The standard InChI is InChI=1S/C30H31ClN6O2/c1-20-9-12-22-17-26(30(38)32-27(22)16-20)28(29-33-34-35-37(29)24-6-3-2-4-7-24)36(19-25-8-5-15-39-25)18-21-10-13-23(31)14-11-21/h5,8-17,24,28H,2-4,6-7,18-19H2,1H3,(H,32,38)/t28-/m0/s1. The van der Waals surface area contributed by atoms with Gasteiger partial charge in [0.15, 0.2) is 5.82 Å². The summed E-state index contributed by atoms with van der Waals surface area (Å²) in [5.41, 5.74) is 3.40. The van der Waals surface area contributed by atoms with E-state index in [1.807, 2.05) is 66.2 Å². The third-order valence-electron chi connectivity index (χ3n) is 7.61. The molecule has 3 heterocycles. The third kappa shape index (κ3) is 5.53. The Morgan fingerprint density at radius 2 is 1.90 bits per heavy atom. The van der Waals surface area contributed by atoms with Crippen molar-refractivity contribution in [2.75, 3.05) is 0 Å². The molecule has 0 unspecified atom stereocenters. The molecule has 2 aromatic carbocycles. The lowest BCUT2D eigenvalue weighted by Gasteiger charge is -2.32. The highest BCUT2D eigenvalue weighted by molar-refractivity contribution is 6.30. The van der Waals surface area contributed by atoms with Gasteiger partial charge in [-0.25, -0.2) is 4.68 Å². The number of nitrogens with one attached hydrogen (secondary N) is 1. The molecule has 39 heavy (non-hydrogen) atoms. The molecule has 1 saturated carbocycles. The number of tetrazole rings is 1. The van der Waals surface area contributed by atoms with Crippen LogP contribution in [0.5, 0.6) is 0 Å². The van der Waals surface area contributed by atoms with Crippen LogP contribution in [0.15, 0.2) is 76.1 Å². The van der Waals surface area contributed by atoms with Crippen LogP contribution in [0.2, 0.25) is 5.02 Å². The summed E-state index contributed by atoms with van der Waals surface area (Å²) in [5, 5.41) is 14.8. The lowest BCUT2D eigenvalue weighted by Crippen LogP contribution is -2.35. The number of fused-ring (bicyclic) bond motifs is 1. The number of benzene rings is 2. The monoisotopic (exact) mass is 542 g/mol. The summed E-state index contributed by atoms with van der Waals surface area (Å²) >= 11 is 6.19. The van der Waals surface area contributed by atoms with E-state index < -0.39 is 6.04 Å². The number of aromatic nitrogens is 5. The SMILES string of the molecule is Cc1ccc2cc([C@@H](c3nnnn3C3CCCCC3)N(Cc3ccc(Cl)cc3)Cc3ccco3)c(=O)[nH]c2c1. The van der Waals surface area contributed by atoms with Crippen molar-refractivity contribution in [2.24, 2.45) is 0 Å². The zero-order valence-electron chi connectivity index (χ0n) is 21.9. The topological polar surface area (TPSA) is 92.8 Å². The first-order valence-corrected chi connectivity index (χ1v) is 13.9. The number of aryl methyl sites for hydroxylation is 1. The molecular weight excluding hydrogens is 512 g/mol. The summed E-state index contributed by atoms with van der Waals surface area (Å²) < 4.78 is 7.74. The predicted octanol–water partition coefficient (Wildman–Crippen LogP) is 6.37. The highest BCUT2D eigenvalue weighted by Crippen LogP contribution is 2.34. The molecule has 0 radical (unpaired) electrons. The summed E-state index contributed by atoms with van der Waals surface area (Å²) in [5.74, 6) is 1.46. The highest BCUT2D eigenvalue weighted by atomic mass is 35.5. The largest absolute Gasteiger partial charge is 0.468 e. The number of furan rings is 1. The quantitative estimate of drug-likeness (QED) is 0.245. The number of nitrogens with zero attached hydrogens (tertiary/aromatic N) is 5. The van der Waals surface area contributed by atoms with Crippen molar-refractivity contribution in [1.29, 1.82) is 0 Å². The molecule has 0 spiro atoms. The van der Waals surface area contributed by atoms with Crippen LogP contribution in [0.1, 0.15) is 72.5 Å². The van der Waals surface area contributed by atoms with Gasteiger partial charge in [0.05, 0.1) is 18.8 Å². The number of hydrogen-bond donors (Lipinski definition) is 1. The fourth-order valence-corrected chi connectivity index (χ4v) is 5.79. The molecule has 1 aliphatic rings. The lowest BCUT2D eigenvalue weighted by molar-refractivity contribution is 0.173. The number of rotatable bonds is 8. The summed E-state index contributed by atoms with van der Waals surface area (Å²) in [6.45, 7) is 3.01. The Balaban J connectivity index is 1.52. The minimum Gasteiger partial charge on any atom is -0.468 e. The third-order valence-corrected chi connectivity index (χ3v) is 7.86. The van der Waals surface area contributed by atoms with Crippen LogP contribution in [0.3, 0.4) is 0 Å². The van der Waals surface area contributed by atoms with Crippen LogP contribution >= 0.6 is 11.6 Å². The first-order chi connectivity index (χ1) is 19.0. The average molecular weight is 543 g/mol. The molecule has 0 saturated heterocycles. The van der Waals surface area contributed by atoms with E-state index in [4.69, 9.17) is 16.0 Å². The van der Waals surface area contributed by atoms with Crippen molar-refractivity contribution in [3.63, 3.8) is 0 Å². The number of pyridine rings is 1. The van der Waals surface area contributed by atoms with Gasteiger partial charge in [-0.2, -0.15) is 0 Å². The van der Waals surface area contributed by atoms with Crippen LogP contribution in [0.4, 0.5) is 0 Å². The maximum Gasteiger partial charge on any atom is 0.253 e. The molecular formula is C30H31ClN6O2. The fourth-order valence-electron chi connectivity index (χ4n) is 5.67. The van der Waals surface area contributed by atoms with Crippen LogP contribution < -0.4 is 5.56 Å². The molecule has 0 aliphatic heterocycles. The van der Waals surface area contributed by atoms with Crippen molar-refractivity contribution in [1.82, 2.24) is 30.1 Å². The second-order valence-corrected chi connectivity index (χ2v) is 10.9. The minimum absolute atomic E-state index is 0.156. The Morgan fingerprint density at radius 1 is 1.08 bits per heavy atom. The molecule has 1 N–H and O–H groups in total. The molecule has 5 aromatic rings. The van der Waals surface area contributed by atoms with Crippen LogP contribution in [-0.2, 0) is 13.1 Å². The maximum absolute atomic E-state index is 13.8. The van der Waals surface area contributed by atoms with Crippen LogP contribution in [0.25, 0.3) is 10.9 Å². The van der Waals surface area contributed by atoms with Crippen molar-refractivity contribution >= 4 is 22.5 Å². The molecule has 3 aromatic heterocycles. The molecule has 1 aliphatic carbocycles. The molecule has 1 fully saturated rings. The zero-order chi connectivity index (χ0) is 26.8. The van der Waals surface area contributed by atoms with Gasteiger partial charge in [0, 0.05) is 22.6 Å². The van der Waals surface area contributed by atoms with E-state index in [1.54, 1.807) is 6.26 Å². The fraction of sp³-hybridized carbons (Fsp3) is 0.333. The van der Waals surface area contributed by atoms with Gasteiger partial charge in [-0.1, -0.05) is 55.1 Å². The number of aromatic amines is 1. The van der Waals surface area contributed by atoms with Gasteiger partial charge < -0.3 is 9.40 Å². The number of H-pyrrole nitrogens is 1. The van der Waals surface area contributed by atoms with Crippen LogP contribution in [-0.4, -0.2) is 30.1 Å². The van der Waals surface area contributed by atoms with E-state index >= 15 is 0 Å². The van der Waals surface area contributed by atoms with Gasteiger partial charge in [0.2, 0.25) is 0 Å². The van der Waals surface area contributed by atoms with Crippen molar-refractivity contribution < 1.29 is 4.42 Å². The van der Waals surface area contributed by atoms with Crippen molar-refractivity contribution in [2.45, 2.75) is 64.2 Å². The normalized spacial score (nSPS) is 15.3. The minimum atomic E-state index is -0.517. The summed E-state index contributed by atoms with van der Waals surface area (Å²) in [6.07, 6.45) is 7.22. The highest BCUT2D eigenvalue weighted by Gasteiger charge is 2.33. The van der Waals surface area contributed by atoms with Gasteiger partial charge >= 0.3 is 0 Å². The van der Waals surface area contributed by atoms with Gasteiger partial charge in [-0.15, -0.1) is 5.10 Å².